The molecule has 2 aromatic rings. The lowest BCUT2D eigenvalue weighted by Crippen LogP contribution is -2.42. The van der Waals surface area contributed by atoms with Crippen molar-refractivity contribution in [2.24, 2.45) is 5.92 Å². The summed E-state index contributed by atoms with van der Waals surface area (Å²) in [4.78, 5) is 0. The number of nitriles is 1. The van der Waals surface area contributed by atoms with Crippen LogP contribution in [0.2, 0.25) is 0 Å². The second-order valence-electron chi connectivity index (χ2n) is 6.76. The fraction of sp³-hybridized carbons (Fsp3) is 0.381. The van der Waals surface area contributed by atoms with E-state index in [2.05, 4.69) is 66.1 Å². The van der Waals surface area contributed by atoms with Crippen LogP contribution in [0.1, 0.15) is 30.4 Å². The molecule has 0 amide bonds. The molecule has 3 heteroatoms. The Morgan fingerprint density at radius 2 is 1.58 bits per heavy atom. The molecule has 2 fully saturated rings. The van der Waals surface area contributed by atoms with Crippen molar-refractivity contribution in [2.75, 3.05) is 6.61 Å². The van der Waals surface area contributed by atoms with E-state index >= 15 is 0 Å². The Morgan fingerprint density at radius 3 is 2.17 bits per heavy atom. The Labute approximate surface area is 147 Å². The lowest BCUT2D eigenvalue weighted by atomic mass is 9.62. The molecule has 0 bridgehead atoms. The molecule has 24 heavy (non-hydrogen) atoms. The summed E-state index contributed by atoms with van der Waals surface area (Å²) in [5, 5.41) is 11.7. The molecular formula is C21H21NOS. The molecule has 3 atom stereocenters. The number of ether oxygens (including phenoxy) is 1. The fourth-order valence-corrected chi connectivity index (χ4v) is 5.46. The molecule has 1 saturated heterocycles. The SMILES string of the molecule is N#CSC1CCCC2C1OCC2(c1ccccc1)c1ccccc1. The summed E-state index contributed by atoms with van der Waals surface area (Å²) in [6, 6.07) is 21.6. The van der Waals surface area contributed by atoms with Crippen molar-refractivity contribution in [1.82, 2.24) is 0 Å². The number of fused-ring (bicyclic) bond motifs is 1. The van der Waals surface area contributed by atoms with E-state index < -0.39 is 0 Å². The van der Waals surface area contributed by atoms with Gasteiger partial charge in [-0.3, -0.25) is 0 Å². The van der Waals surface area contributed by atoms with Crippen LogP contribution in [0.25, 0.3) is 0 Å². The largest absolute Gasteiger partial charge is 0.375 e. The van der Waals surface area contributed by atoms with Gasteiger partial charge in [-0.2, -0.15) is 5.26 Å². The predicted octanol–water partition coefficient (Wildman–Crippen LogP) is 4.75. The minimum Gasteiger partial charge on any atom is -0.375 e. The summed E-state index contributed by atoms with van der Waals surface area (Å²) in [7, 11) is 0. The molecule has 2 aromatic carbocycles. The van der Waals surface area contributed by atoms with Crippen molar-refractivity contribution < 1.29 is 4.74 Å². The topological polar surface area (TPSA) is 33.0 Å². The van der Waals surface area contributed by atoms with E-state index in [-0.39, 0.29) is 11.5 Å². The van der Waals surface area contributed by atoms with E-state index in [9.17, 15) is 0 Å². The normalized spacial score (nSPS) is 28.0. The number of hydrogen-bond acceptors (Lipinski definition) is 3. The second-order valence-corrected chi connectivity index (χ2v) is 7.79. The van der Waals surface area contributed by atoms with Crippen molar-refractivity contribution in [1.29, 1.82) is 5.26 Å². The second kappa shape index (κ2) is 6.63. The van der Waals surface area contributed by atoms with E-state index in [0.717, 1.165) is 12.8 Å². The summed E-state index contributed by atoms with van der Waals surface area (Å²) in [5.74, 6) is 0.432. The van der Waals surface area contributed by atoms with Gasteiger partial charge in [-0.1, -0.05) is 67.1 Å². The number of thiocyanates is 1. The molecule has 1 saturated carbocycles. The summed E-state index contributed by atoms with van der Waals surface area (Å²) in [5.41, 5.74) is 2.58. The van der Waals surface area contributed by atoms with Crippen molar-refractivity contribution in [3.8, 4) is 5.40 Å². The van der Waals surface area contributed by atoms with E-state index in [1.807, 2.05) is 0 Å². The zero-order valence-corrected chi connectivity index (χ0v) is 14.4. The summed E-state index contributed by atoms with van der Waals surface area (Å²) in [6.07, 6.45) is 3.59. The molecule has 0 spiro atoms. The van der Waals surface area contributed by atoms with Gasteiger partial charge >= 0.3 is 0 Å². The quantitative estimate of drug-likeness (QED) is 0.759. The highest BCUT2D eigenvalue weighted by Gasteiger charge is 2.54. The molecule has 0 aromatic heterocycles. The monoisotopic (exact) mass is 335 g/mol. The highest BCUT2D eigenvalue weighted by Crippen LogP contribution is 2.53. The third-order valence-electron chi connectivity index (χ3n) is 5.69. The van der Waals surface area contributed by atoms with E-state index in [1.54, 1.807) is 0 Å². The minimum absolute atomic E-state index is 0.0954. The van der Waals surface area contributed by atoms with Crippen LogP contribution >= 0.6 is 11.8 Å². The number of benzene rings is 2. The Morgan fingerprint density at radius 1 is 0.958 bits per heavy atom. The number of thioether (sulfide) groups is 1. The van der Waals surface area contributed by atoms with Gasteiger partial charge in [0.05, 0.1) is 12.7 Å². The predicted molar refractivity (Wildman–Crippen MR) is 97.7 cm³/mol. The third kappa shape index (κ3) is 2.46. The smallest absolute Gasteiger partial charge is 0.133 e. The average Bonchev–Trinajstić information content (AvgIpc) is 3.05. The van der Waals surface area contributed by atoms with Crippen LogP contribution in [0.5, 0.6) is 0 Å². The van der Waals surface area contributed by atoms with Gasteiger partial charge in [0.1, 0.15) is 5.40 Å². The average molecular weight is 335 g/mol. The first-order valence-corrected chi connectivity index (χ1v) is 9.51. The van der Waals surface area contributed by atoms with Gasteiger partial charge in [0.25, 0.3) is 0 Å². The first-order valence-electron chi connectivity index (χ1n) is 8.63. The number of rotatable bonds is 3. The lowest BCUT2D eigenvalue weighted by Gasteiger charge is -2.40. The van der Waals surface area contributed by atoms with Gasteiger partial charge in [-0.25, -0.2) is 0 Å². The Kier molecular flexibility index (Phi) is 4.35. The summed E-state index contributed by atoms with van der Waals surface area (Å²) in [6.45, 7) is 0.707. The van der Waals surface area contributed by atoms with Gasteiger partial charge in [0.2, 0.25) is 0 Å². The third-order valence-corrected chi connectivity index (χ3v) is 6.60. The zero-order valence-electron chi connectivity index (χ0n) is 13.6. The van der Waals surface area contributed by atoms with Crippen LogP contribution in [-0.4, -0.2) is 18.0 Å². The van der Waals surface area contributed by atoms with Gasteiger partial charge in [-0.15, -0.1) is 0 Å². The molecule has 3 unspecified atom stereocenters. The molecule has 122 valence electrons. The summed E-state index contributed by atoms with van der Waals surface area (Å²) >= 11 is 1.40. The molecule has 2 aliphatic rings. The molecule has 1 aliphatic carbocycles. The van der Waals surface area contributed by atoms with Crippen LogP contribution < -0.4 is 0 Å². The van der Waals surface area contributed by atoms with E-state index in [4.69, 9.17) is 10.00 Å². The highest BCUT2D eigenvalue weighted by atomic mass is 32.2. The van der Waals surface area contributed by atoms with Crippen LogP contribution in [0, 0.1) is 16.6 Å². The molecule has 1 heterocycles. The van der Waals surface area contributed by atoms with Crippen molar-refractivity contribution in [3.05, 3.63) is 71.8 Å². The van der Waals surface area contributed by atoms with Gasteiger partial charge in [0, 0.05) is 16.6 Å². The van der Waals surface area contributed by atoms with Crippen LogP contribution in [0.4, 0.5) is 0 Å². The first-order chi connectivity index (χ1) is 11.9. The Bertz CT molecular complexity index is 685. The van der Waals surface area contributed by atoms with Crippen LogP contribution in [-0.2, 0) is 10.2 Å². The van der Waals surface area contributed by atoms with E-state index in [1.165, 1.54) is 29.3 Å². The molecule has 1 aliphatic heterocycles. The molecule has 4 rings (SSSR count). The fourth-order valence-electron chi connectivity index (χ4n) is 4.64. The Balaban J connectivity index is 1.82. The van der Waals surface area contributed by atoms with Gasteiger partial charge < -0.3 is 4.74 Å². The Hall–Kier alpha value is -1.76. The maximum absolute atomic E-state index is 9.16. The van der Waals surface area contributed by atoms with Crippen LogP contribution in [0.15, 0.2) is 60.7 Å². The zero-order chi connectivity index (χ0) is 16.4. The van der Waals surface area contributed by atoms with Crippen molar-refractivity contribution >= 4 is 11.8 Å². The van der Waals surface area contributed by atoms with Crippen molar-refractivity contribution in [3.63, 3.8) is 0 Å². The molecule has 0 radical (unpaired) electrons. The first kappa shape index (κ1) is 15.7. The van der Waals surface area contributed by atoms with Crippen LogP contribution in [0.3, 0.4) is 0 Å². The standard InChI is InChI=1S/C21H21NOS/c22-15-24-19-13-7-12-18-20(19)23-14-21(18,16-8-3-1-4-9-16)17-10-5-2-6-11-17/h1-6,8-11,18-20H,7,12-14H2. The maximum Gasteiger partial charge on any atom is 0.133 e. The van der Waals surface area contributed by atoms with Gasteiger partial charge in [-0.05, 0) is 35.7 Å². The van der Waals surface area contributed by atoms with E-state index in [0.29, 0.717) is 17.8 Å². The summed E-state index contributed by atoms with van der Waals surface area (Å²) < 4.78 is 6.37. The lowest BCUT2D eigenvalue weighted by molar-refractivity contribution is 0.0718. The highest BCUT2D eigenvalue weighted by molar-refractivity contribution is 8.04. The van der Waals surface area contributed by atoms with Crippen molar-refractivity contribution in [2.45, 2.75) is 36.0 Å². The maximum atomic E-state index is 9.16. The van der Waals surface area contributed by atoms with Gasteiger partial charge in [0.15, 0.2) is 0 Å². The molecule has 2 nitrogen and oxygen atoms in total. The number of hydrogen-bond donors (Lipinski definition) is 0. The number of nitrogens with zero attached hydrogens (tertiary/aromatic N) is 1. The molecular weight excluding hydrogens is 314 g/mol. The minimum atomic E-state index is -0.0954. The molecule has 0 N–H and O–H groups in total.